The van der Waals surface area contributed by atoms with E-state index >= 15 is 0 Å². The number of nitrogens with zero attached hydrogens (tertiary/aromatic N) is 2. The average molecular weight is 217 g/mol. The minimum absolute atomic E-state index is 0.271. The van der Waals surface area contributed by atoms with Gasteiger partial charge in [0.05, 0.1) is 6.07 Å². The van der Waals surface area contributed by atoms with Crippen LogP contribution in [0.2, 0.25) is 0 Å². The number of nitrogens with one attached hydrogen (secondary N) is 1. The Morgan fingerprint density at radius 1 is 1.69 bits per heavy atom. The van der Waals surface area contributed by atoms with Crippen LogP contribution in [0.15, 0.2) is 18.5 Å². The molecule has 1 atom stereocenters. The van der Waals surface area contributed by atoms with E-state index in [4.69, 9.17) is 5.26 Å². The Labute approximate surface area is 95.3 Å². The molecule has 1 unspecified atom stereocenters. The van der Waals surface area contributed by atoms with Gasteiger partial charge >= 0.3 is 0 Å². The highest BCUT2D eigenvalue weighted by atomic mass is 16.2. The number of aryl methyl sites for hydroxylation is 1. The number of anilines is 1. The van der Waals surface area contributed by atoms with Gasteiger partial charge in [-0.15, -0.1) is 0 Å². The van der Waals surface area contributed by atoms with Gasteiger partial charge in [0.25, 0.3) is 0 Å². The van der Waals surface area contributed by atoms with E-state index in [0.717, 1.165) is 5.56 Å². The van der Waals surface area contributed by atoms with Gasteiger partial charge in [0.2, 0.25) is 5.91 Å². The van der Waals surface area contributed by atoms with E-state index in [2.05, 4.69) is 10.3 Å². The van der Waals surface area contributed by atoms with Crippen molar-refractivity contribution in [1.29, 1.82) is 5.26 Å². The molecule has 0 aliphatic heterocycles. The fourth-order valence-corrected chi connectivity index (χ4v) is 1.16. The summed E-state index contributed by atoms with van der Waals surface area (Å²) in [6.07, 6.45) is 3.77. The van der Waals surface area contributed by atoms with Crippen molar-refractivity contribution in [2.45, 2.75) is 27.2 Å². The van der Waals surface area contributed by atoms with Crippen molar-refractivity contribution in [1.82, 2.24) is 4.98 Å². The van der Waals surface area contributed by atoms with E-state index in [9.17, 15) is 4.79 Å². The van der Waals surface area contributed by atoms with Gasteiger partial charge in [-0.1, -0.05) is 6.92 Å². The molecule has 4 heteroatoms. The molecular weight excluding hydrogens is 202 g/mol. The molecule has 0 radical (unpaired) electrons. The molecule has 1 aromatic rings. The predicted molar refractivity (Wildman–Crippen MR) is 61.6 cm³/mol. The van der Waals surface area contributed by atoms with Crippen molar-refractivity contribution in [3.05, 3.63) is 24.0 Å². The van der Waals surface area contributed by atoms with Crippen LogP contribution in [0.25, 0.3) is 0 Å². The van der Waals surface area contributed by atoms with Gasteiger partial charge in [0.15, 0.2) is 0 Å². The standard InChI is InChI=1S/C12H15N3O/c1-4-12(3,8-13)11(16)15-10-5-6-14-7-9(10)2/h5-7H,4H2,1-3H3,(H,14,15,16). The van der Waals surface area contributed by atoms with Crippen LogP contribution < -0.4 is 5.32 Å². The molecule has 0 saturated heterocycles. The molecule has 0 spiro atoms. The molecule has 0 aliphatic carbocycles. The van der Waals surface area contributed by atoms with Gasteiger partial charge in [-0.05, 0) is 31.9 Å². The summed E-state index contributed by atoms with van der Waals surface area (Å²) in [7, 11) is 0. The molecule has 84 valence electrons. The molecule has 0 bridgehead atoms. The van der Waals surface area contributed by atoms with Crippen LogP contribution in [0.5, 0.6) is 0 Å². The minimum atomic E-state index is -0.976. The van der Waals surface area contributed by atoms with E-state index in [1.165, 1.54) is 0 Å². The number of aromatic nitrogens is 1. The Balaban J connectivity index is 2.88. The maximum absolute atomic E-state index is 11.9. The van der Waals surface area contributed by atoms with Crippen LogP contribution in [0.4, 0.5) is 5.69 Å². The third-order valence-electron chi connectivity index (χ3n) is 2.72. The Morgan fingerprint density at radius 2 is 2.38 bits per heavy atom. The Morgan fingerprint density at radius 3 is 2.88 bits per heavy atom. The zero-order valence-corrected chi connectivity index (χ0v) is 9.74. The second-order valence-electron chi connectivity index (χ2n) is 3.94. The summed E-state index contributed by atoms with van der Waals surface area (Å²) >= 11 is 0. The molecule has 1 rings (SSSR count). The van der Waals surface area contributed by atoms with Gasteiger partial charge < -0.3 is 5.32 Å². The van der Waals surface area contributed by atoms with Gasteiger partial charge in [-0.3, -0.25) is 9.78 Å². The molecule has 0 saturated carbocycles. The third-order valence-corrected chi connectivity index (χ3v) is 2.72. The smallest absolute Gasteiger partial charge is 0.244 e. The van der Waals surface area contributed by atoms with Gasteiger partial charge in [0, 0.05) is 18.1 Å². The summed E-state index contributed by atoms with van der Waals surface area (Å²) in [5.41, 5.74) is 0.609. The van der Waals surface area contributed by atoms with Crippen LogP contribution in [-0.4, -0.2) is 10.9 Å². The lowest BCUT2D eigenvalue weighted by Crippen LogP contribution is -2.31. The quantitative estimate of drug-likeness (QED) is 0.844. The highest BCUT2D eigenvalue weighted by Gasteiger charge is 2.31. The van der Waals surface area contributed by atoms with Crippen LogP contribution in [0.3, 0.4) is 0 Å². The Bertz CT molecular complexity index is 436. The molecular formula is C12H15N3O. The number of pyridine rings is 1. The van der Waals surface area contributed by atoms with E-state index in [-0.39, 0.29) is 5.91 Å². The first kappa shape index (κ1) is 12.2. The SMILES string of the molecule is CCC(C)(C#N)C(=O)Nc1ccncc1C. The van der Waals surface area contributed by atoms with E-state index < -0.39 is 5.41 Å². The molecule has 1 amide bonds. The van der Waals surface area contributed by atoms with E-state index in [1.807, 2.05) is 19.9 Å². The van der Waals surface area contributed by atoms with Crippen LogP contribution in [0, 0.1) is 23.7 Å². The van der Waals surface area contributed by atoms with Gasteiger partial charge in [0.1, 0.15) is 5.41 Å². The number of amides is 1. The molecule has 0 aromatic carbocycles. The van der Waals surface area contributed by atoms with Crippen molar-refractivity contribution in [3.63, 3.8) is 0 Å². The van der Waals surface area contributed by atoms with Crippen molar-refractivity contribution in [3.8, 4) is 6.07 Å². The van der Waals surface area contributed by atoms with Gasteiger partial charge in [-0.25, -0.2) is 0 Å². The summed E-state index contributed by atoms with van der Waals surface area (Å²) in [6, 6.07) is 3.76. The second-order valence-corrected chi connectivity index (χ2v) is 3.94. The lowest BCUT2D eigenvalue weighted by molar-refractivity contribution is -0.122. The lowest BCUT2D eigenvalue weighted by atomic mass is 9.88. The first-order valence-electron chi connectivity index (χ1n) is 5.17. The van der Waals surface area contributed by atoms with Crippen LogP contribution in [0.1, 0.15) is 25.8 Å². The van der Waals surface area contributed by atoms with Crippen molar-refractivity contribution in [2.75, 3.05) is 5.32 Å². The largest absolute Gasteiger partial charge is 0.324 e. The van der Waals surface area contributed by atoms with Crippen molar-refractivity contribution >= 4 is 11.6 Å². The molecule has 0 aliphatic rings. The number of hydrogen-bond donors (Lipinski definition) is 1. The number of carbonyl (C=O) groups excluding carboxylic acids is 1. The summed E-state index contributed by atoms with van der Waals surface area (Å²) in [4.78, 5) is 15.8. The number of carbonyl (C=O) groups is 1. The summed E-state index contributed by atoms with van der Waals surface area (Å²) < 4.78 is 0. The molecule has 0 fully saturated rings. The van der Waals surface area contributed by atoms with E-state index in [1.54, 1.807) is 25.4 Å². The normalized spacial score (nSPS) is 13.6. The molecule has 1 heterocycles. The van der Waals surface area contributed by atoms with Crippen molar-refractivity contribution in [2.24, 2.45) is 5.41 Å². The minimum Gasteiger partial charge on any atom is -0.324 e. The second kappa shape index (κ2) is 4.75. The molecule has 4 nitrogen and oxygen atoms in total. The first-order valence-corrected chi connectivity index (χ1v) is 5.17. The monoisotopic (exact) mass is 217 g/mol. The lowest BCUT2D eigenvalue weighted by Gasteiger charge is -2.19. The number of rotatable bonds is 3. The topological polar surface area (TPSA) is 65.8 Å². The molecule has 1 aromatic heterocycles. The Kier molecular flexibility index (Phi) is 3.62. The third kappa shape index (κ3) is 2.37. The zero-order chi connectivity index (χ0) is 12.2. The predicted octanol–water partition coefficient (Wildman–Crippen LogP) is 2.27. The summed E-state index contributed by atoms with van der Waals surface area (Å²) in [5, 5.41) is 11.7. The number of hydrogen-bond acceptors (Lipinski definition) is 3. The summed E-state index contributed by atoms with van der Waals surface area (Å²) in [5.74, 6) is -0.271. The summed E-state index contributed by atoms with van der Waals surface area (Å²) in [6.45, 7) is 5.32. The zero-order valence-electron chi connectivity index (χ0n) is 9.74. The Hall–Kier alpha value is -1.89. The van der Waals surface area contributed by atoms with E-state index in [0.29, 0.717) is 12.1 Å². The van der Waals surface area contributed by atoms with Crippen LogP contribution in [-0.2, 0) is 4.79 Å². The highest BCUT2D eigenvalue weighted by Crippen LogP contribution is 2.23. The fourth-order valence-electron chi connectivity index (χ4n) is 1.16. The number of nitriles is 1. The molecule has 16 heavy (non-hydrogen) atoms. The van der Waals surface area contributed by atoms with Crippen LogP contribution >= 0.6 is 0 Å². The maximum Gasteiger partial charge on any atom is 0.244 e. The fraction of sp³-hybridized carbons (Fsp3) is 0.417. The first-order chi connectivity index (χ1) is 7.53. The van der Waals surface area contributed by atoms with Crippen molar-refractivity contribution < 1.29 is 4.79 Å². The highest BCUT2D eigenvalue weighted by molar-refractivity contribution is 5.97. The van der Waals surface area contributed by atoms with Gasteiger partial charge in [-0.2, -0.15) is 5.26 Å². The maximum atomic E-state index is 11.9. The average Bonchev–Trinajstić information content (AvgIpc) is 2.31. The molecule has 1 N–H and O–H groups in total.